The van der Waals surface area contributed by atoms with Crippen LogP contribution in [-0.2, 0) is 59.9 Å². The third kappa shape index (κ3) is 17.5. The molecule has 0 atom stereocenters. The van der Waals surface area contributed by atoms with Gasteiger partial charge in [-0.1, -0.05) is 11.4 Å². The van der Waals surface area contributed by atoms with Crippen molar-refractivity contribution in [1.29, 1.82) is 0 Å². The molecule has 2 N–H and O–H groups in total. The number of hydrogen-bond acceptors (Lipinski definition) is 16. The molecule has 0 bridgehead atoms. The van der Waals surface area contributed by atoms with Crippen LogP contribution in [0, 0.1) is 32.4 Å². The number of hydrogen-bond donors (Lipinski definition) is 2. The molecule has 18 nitrogen and oxygen atoms in total. The normalized spacial score (nSPS) is 8.88. The standard InChI is InChI=1S/2C13H10N3O4.2C2H4O2.2Pd/c2*1-20-13(17)10-7-12(14-8-11(10)16(18)19)15-9-5-3-2-4-6-9;2*1-2(3)4;;/h2*2-5,7-8H,1H3,(H,14,15);2*1H3,(H,3,4);;/q2*-1;;;2*+2/p-2. The van der Waals surface area contributed by atoms with Crippen molar-refractivity contribution in [1.82, 2.24) is 9.97 Å². The van der Waals surface area contributed by atoms with Crippen molar-refractivity contribution in [2.45, 2.75) is 13.8 Å². The number of benzene rings is 2. The van der Waals surface area contributed by atoms with Gasteiger partial charge in [0.25, 0.3) is 0 Å². The third-order valence-electron chi connectivity index (χ3n) is 4.91. The Labute approximate surface area is 311 Å². The van der Waals surface area contributed by atoms with Gasteiger partial charge in [0.2, 0.25) is 0 Å². The summed E-state index contributed by atoms with van der Waals surface area (Å²) in [6.07, 6.45) is 2.02. The van der Waals surface area contributed by atoms with Crippen molar-refractivity contribution in [3.05, 3.63) is 117 Å². The van der Waals surface area contributed by atoms with Crippen molar-refractivity contribution in [3.63, 3.8) is 0 Å². The summed E-state index contributed by atoms with van der Waals surface area (Å²) >= 11 is 0. The van der Waals surface area contributed by atoms with Gasteiger partial charge < -0.3 is 39.9 Å². The predicted octanol–water partition coefficient (Wildman–Crippen LogP) is 2.15. The molecule has 20 heteroatoms. The summed E-state index contributed by atoms with van der Waals surface area (Å²) in [4.78, 5) is 69.0. The second-order valence-corrected chi connectivity index (χ2v) is 8.46. The molecular weight excluding hydrogens is 849 g/mol. The smallest absolute Gasteiger partial charge is 0.550 e. The first-order chi connectivity index (χ1) is 22.7. The van der Waals surface area contributed by atoms with E-state index in [4.69, 9.17) is 19.8 Å². The van der Waals surface area contributed by atoms with E-state index in [1.54, 1.807) is 48.5 Å². The molecule has 268 valence electrons. The third-order valence-corrected chi connectivity index (χ3v) is 4.91. The Morgan fingerprint density at radius 1 is 0.680 bits per heavy atom. The van der Waals surface area contributed by atoms with Crippen LogP contribution < -0.4 is 20.8 Å². The predicted molar refractivity (Wildman–Crippen MR) is 163 cm³/mol. The van der Waals surface area contributed by atoms with Gasteiger partial charge in [-0.15, -0.1) is 12.1 Å². The number of carboxylic acids is 2. The largest absolute Gasteiger partial charge is 2.00 e. The summed E-state index contributed by atoms with van der Waals surface area (Å²) in [6, 6.07) is 22.5. The van der Waals surface area contributed by atoms with Crippen molar-refractivity contribution < 1.29 is 89.6 Å². The summed E-state index contributed by atoms with van der Waals surface area (Å²) in [5.41, 5.74) is 0.130. The molecule has 0 aliphatic carbocycles. The number of nitro groups is 2. The van der Waals surface area contributed by atoms with E-state index >= 15 is 0 Å². The van der Waals surface area contributed by atoms with E-state index in [9.17, 15) is 29.8 Å². The number of pyridine rings is 2. The topological polar surface area (TPSA) is 269 Å². The van der Waals surface area contributed by atoms with Crippen LogP contribution in [0.15, 0.2) is 73.1 Å². The van der Waals surface area contributed by atoms with E-state index in [0.29, 0.717) is 23.0 Å². The minimum absolute atomic E-state index is 0. The Bertz CT molecular complexity index is 1600. The summed E-state index contributed by atoms with van der Waals surface area (Å²) < 4.78 is 9.05. The second-order valence-electron chi connectivity index (χ2n) is 8.46. The molecule has 4 aromatic rings. The number of carbonyl (C=O) groups is 4. The van der Waals surface area contributed by atoms with E-state index in [0.717, 1.165) is 40.5 Å². The Morgan fingerprint density at radius 3 is 1.24 bits per heavy atom. The van der Waals surface area contributed by atoms with E-state index in [1.807, 2.05) is 0 Å². The molecular formula is C30H26N6O12Pd2. The average molecular weight is 875 g/mol. The van der Waals surface area contributed by atoms with E-state index in [1.165, 1.54) is 12.1 Å². The van der Waals surface area contributed by atoms with Crippen LogP contribution >= 0.6 is 0 Å². The molecule has 0 fully saturated rings. The second kappa shape index (κ2) is 24.5. The molecule has 0 saturated carbocycles. The monoisotopic (exact) mass is 874 g/mol. The number of carboxylic acid groups (broad SMARTS) is 2. The number of esters is 2. The average Bonchev–Trinajstić information content (AvgIpc) is 3.04. The maximum Gasteiger partial charge on any atom is 2.00 e. The number of methoxy groups -OCH3 is 2. The summed E-state index contributed by atoms with van der Waals surface area (Å²) in [5.74, 6) is -3.17. The molecule has 0 aliphatic rings. The van der Waals surface area contributed by atoms with Gasteiger partial charge in [0.05, 0.1) is 24.1 Å². The fraction of sp³-hybridized carbons (Fsp3) is 0.133. The van der Waals surface area contributed by atoms with Crippen LogP contribution in [0.3, 0.4) is 0 Å². The van der Waals surface area contributed by atoms with Gasteiger partial charge in [0, 0.05) is 24.1 Å². The Hall–Kier alpha value is -5.66. The number of carbonyl (C=O) groups excluding carboxylic acids is 4. The van der Waals surface area contributed by atoms with Crippen LogP contribution in [0.5, 0.6) is 0 Å². The molecule has 0 saturated heterocycles. The molecule has 2 heterocycles. The van der Waals surface area contributed by atoms with Crippen molar-refractivity contribution in [2.24, 2.45) is 0 Å². The number of rotatable bonds is 8. The number of nitrogens with one attached hydrogen (secondary N) is 2. The van der Waals surface area contributed by atoms with Gasteiger partial charge in [-0.3, -0.25) is 20.2 Å². The number of aliphatic carboxylic acids is 2. The zero-order valence-electron chi connectivity index (χ0n) is 26.2. The molecule has 0 unspecified atom stereocenters. The molecule has 2 aromatic carbocycles. The maximum absolute atomic E-state index is 11.6. The molecule has 0 radical (unpaired) electrons. The maximum atomic E-state index is 11.6. The zero-order valence-corrected chi connectivity index (χ0v) is 29.4. The van der Waals surface area contributed by atoms with E-state index < -0.39 is 45.1 Å². The first-order valence-electron chi connectivity index (χ1n) is 13.0. The van der Waals surface area contributed by atoms with Crippen molar-refractivity contribution in [2.75, 3.05) is 24.9 Å². The minimum atomic E-state index is -1.08. The van der Waals surface area contributed by atoms with Gasteiger partial charge in [0.1, 0.15) is 35.2 Å². The fourth-order valence-electron chi connectivity index (χ4n) is 3.09. The van der Waals surface area contributed by atoms with E-state index in [-0.39, 0.29) is 52.0 Å². The molecule has 50 heavy (non-hydrogen) atoms. The SMILES string of the molecule is CC(=O)[O-].CC(=O)[O-].COC(=O)c1cc(Nc2[c-]cccc2)ncc1[N+](=O)[O-].COC(=O)c1cc(Nc2[c-]cccc2)ncc1[N+](=O)[O-].[Pd+2].[Pd+2]. The Kier molecular flexibility index (Phi) is 22.7. The Balaban J connectivity index is 0. The van der Waals surface area contributed by atoms with Gasteiger partial charge in [-0.2, -0.15) is 48.5 Å². The fourth-order valence-corrected chi connectivity index (χ4v) is 3.09. The first-order valence-corrected chi connectivity index (χ1v) is 13.0. The van der Waals surface area contributed by atoms with Crippen LogP contribution in [0.1, 0.15) is 34.6 Å². The summed E-state index contributed by atoms with van der Waals surface area (Å²) in [7, 11) is 2.31. The van der Waals surface area contributed by atoms with Gasteiger partial charge in [0.15, 0.2) is 0 Å². The Morgan fingerprint density at radius 2 is 1.00 bits per heavy atom. The van der Waals surface area contributed by atoms with Crippen LogP contribution in [0.25, 0.3) is 0 Å². The number of para-hydroxylation sites is 2. The van der Waals surface area contributed by atoms with Gasteiger partial charge in [-0.05, 0) is 13.8 Å². The minimum Gasteiger partial charge on any atom is -0.550 e. The molecule has 2 aromatic heterocycles. The van der Waals surface area contributed by atoms with Crippen LogP contribution in [0.2, 0.25) is 0 Å². The number of ether oxygens (including phenoxy) is 2. The summed E-state index contributed by atoms with van der Waals surface area (Å²) in [5, 5.41) is 45.2. The molecule has 0 aliphatic heterocycles. The number of aromatic nitrogens is 2. The van der Waals surface area contributed by atoms with Crippen molar-refractivity contribution >= 4 is 58.3 Å². The summed E-state index contributed by atoms with van der Waals surface area (Å²) in [6.45, 7) is 1.94. The van der Waals surface area contributed by atoms with Crippen molar-refractivity contribution in [3.8, 4) is 0 Å². The first kappa shape index (κ1) is 46.5. The van der Waals surface area contributed by atoms with Gasteiger partial charge >= 0.3 is 64.2 Å². The van der Waals surface area contributed by atoms with Gasteiger partial charge in [-0.25, -0.2) is 19.6 Å². The van der Waals surface area contributed by atoms with E-state index in [2.05, 4.69) is 42.2 Å². The quantitative estimate of drug-likeness (QED) is 0.0844. The zero-order chi connectivity index (χ0) is 36.2. The number of anilines is 4. The van der Waals surface area contributed by atoms with Crippen LogP contribution in [0.4, 0.5) is 34.4 Å². The molecule has 0 amide bonds. The molecule has 0 spiro atoms. The number of nitrogens with zero attached hydrogens (tertiary/aromatic N) is 4. The molecule has 4 rings (SSSR count). The van der Waals surface area contributed by atoms with Crippen LogP contribution in [-0.4, -0.2) is 57.9 Å².